The van der Waals surface area contributed by atoms with Gasteiger partial charge >= 0.3 is 5.97 Å². The second-order valence-electron chi connectivity index (χ2n) is 6.31. The molecule has 0 saturated heterocycles. The number of ether oxygens (including phenoxy) is 1. The topological polar surface area (TPSA) is 39.2 Å². The van der Waals surface area contributed by atoms with E-state index in [1.54, 1.807) is 25.3 Å². The molecule has 1 heterocycles. The highest BCUT2D eigenvalue weighted by atomic mass is 19.1. The highest BCUT2D eigenvalue weighted by Gasteiger charge is 2.43. The second kappa shape index (κ2) is 6.75. The van der Waals surface area contributed by atoms with Crippen molar-refractivity contribution in [1.82, 2.24) is 4.98 Å². The lowest BCUT2D eigenvalue weighted by Gasteiger charge is -2.35. The molecule has 0 unspecified atom stereocenters. The van der Waals surface area contributed by atoms with E-state index in [9.17, 15) is 13.6 Å². The lowest BCUT2D eigenvalue weighted by molar-refractivity contribution is -0.148. The first-order valence-electron chi connectivity index (χ1n) is 8.12. The summed E-state index contributed by atoms with van der Waals surface area (Å²) in [6.07, 6.45) is 6.05. The molecule has 0 saturated carbocycles. The first kappa shape index (κ1) is 17.3. The number of rotatable bonds is 3. The molecule has 25 heavy (non-hydrogen) atoms. The number of allylic oxidation sites excluding steroid dienone is 2. The van der Waals surface area contributed by atoms with Crippen LogP contribution in [0.2, 0.25) is 0 Å². The van der Waals surface area contributed by atoms with Gasteiger partial charge in [0.25, 0.3) is 0 Å². The first-order valence-corrected chi connectivity index (χ1v) is 8.12. The number of pyridine rings is 1. The van der Waals surface area contributed by atoms with Crippen molar-refractivity contribution in [2.45, 2.75) is 31.6 Å². The number of hydrogen-bond donors (Lipinski definition) is 0. The summed E-state index contributed by atoms with van der Waals surface area (Å²) < 4.78 is 32.5. The van der Waals surface area contributed by atoms with Crippen LogP contribution < -0.4 is 0 Å². The number of esters is 1. The first-order chi connectivity index (χ1) is 12.0. The van der Waals surface area contributed by atoms with Gasteiger partial charge in [-0.15, -0.1) is 0 Å². The zero-order chi connectivity index (χ0) is 18.0. The molecule has 130 valence electrons. The number of carbonyl (C=O) groups is 1. The van der Waals surface area contributed by atoms with Crippen molar-refractivity contribution in [3.63, 3.8) is 0 Å². The van der Waals surface area contributed by atoms with Crippen LogP contribution in [-0.2, 0) is 14.9 Å². The number of halogens is 2. The Morgan fingerprint density at radius 2 is 2.08 bits per heavy atom. The summed E-state index contributed by atoms with van der Waals surface area (Å²) in [5.74, 6) is -1.12. The Balaban J connectivity index is 2.03. The molecule has 1 aliphatic rings. The average Bonchev–Trinajstić information content (AvgIpc) is 2.63. The van der Waals surface area contributed by atoms with Crippen LogP contribution in [0.1, 0.15) is 36.0 Å². The Morgan fingerprint density at radius 3 is 2.72 bits per heavy atom. The zero-order valence-corrected chi connectivity index (χ0v) is 14.2. The van der Waals surface area contributed by atoms with Gasteiger partial charge < -0.3 is 4.74 Å². The lowest BCUT2D eigenvalue weighted by Crippen LogP contribution is -2.39. The summed E-state index contributed by atoms with van der Waals surface area (Å²) in [5, 5.41) is 0. The van der Waals surface area contributed by atoms with Gasteiger partial charge in [-0.2, -0.15) is 0 Å². The standard InChI is InChI=1S/C20H19F2NO2/c1-13-17(4-3-5-18(13)22)20(19(24)25-2)8-6-14(7-9-20)15-10-16(21)12-23-11-15/h3-6,10-12H,7-9H2,1-2H3/t20-/m0/s1. The van der Waals surface area contributed by atoms with E-state index >= 15 is 0 Å². The maximum Gasteiger partial charge on any atom is 0.316 e. The third-order valence-corrected chi connectivity index (χ3v) is 4.95. The molecule has 0 fully saturated rings. The van der Waals surface area contributed by atoms with Gasteiger partial charge in [0.15, 0.2) is 0 Å². The molecule has 0 radical (unpaired) electrons. The van der Waals surface area contributed by atoms with Gasteiger partial charge in [0.1, 0.15) is 11.6 Å². The number of nitrogens with zero attached hydrogens (tertiary/aromatic N) is 1. The molecule has 5 heteroatoms. The van der Waals surface area contributed by atoms with Gasteiger partial charge in [0.2, 0.25) is 0 Å². The van der Waals surface area contributed by atoms with E-state index in [0.29, 0.717) is 36.0 Å². The van der Waals surface area contributed by atoms with Crippen LogP contribution in [0, 0.1) is 18.6 Å². The summed E-state index contributed by atoms with van der Waals surface area (Å²) in [4.78, 5) is 16.5. The average molecular weight is 343 g/mol. The SMILES string of the molecule is COC(=O)[C@@]1(c2cccc(F)c2C)CC=C(c2cncc(F)c2)CC1. The molecule has 2 aromatic rings. The van der Waals surface area contributed by atoms with Crippen LogP contribution >= 0.6 is 0 Å². The highest BCUT2D eigenvalue weighted by molar-refractivity contribution is 5.86. The van der Waals surface area contributed by atoms with Crippen molar-refractivity contribution in [2.75, 3.05) is 7.11 Å². The number of aromatic nitrogens is 1. The molecule has 0 spiro atoms. The third-order valence-electron chi connectivity index (χ3n) is 4.95. The molecule has 1 aliphatic carbocycles. The fourth-order valence-corrected chi connectivity index (χ4v) is 3.56. The number of benzene rings is 1. The predicted octanol–water partition coefficient (Wildman–Crippen LogP) is 4.35. The summed E-state index contributed by atoms with van der Waals surface area (Å²) in [7, 11) is 1.34. The van der Waals surface area contributed by atoms with Crippen LogP contribution in [0.5, 0.6) is 0 Å². The van der Waals surface area contributed by atoms with Gasteiger partial charge in [-0.3, -0.25) is 9.78 Å². The van der Waals surface area contributed by atoms with Crippen molar-refractivity contribution in [3.05, 3.63) is 71.1 Å². The molecular weight excluding hydrogens is 324 g/mol. The second-order valence-corrected chi connectivity index (χ2v) is 6.31. The van der Waals surface area contributed by atoms with Gasteiger partial charge in [0, 0.05) is 6.20 Å². The molecule has 1 aromatic carbocycles. The summed E-state index contributed by atoms with van der Waals surface area (Å²) >= 11 is 0. The maximum absolute atomic E-state index is 14.0. The summed E-state index contributed by atoms with van der Waals surface area (Å²) in [6.45, 7) is 1.67. The van der Waals surface area contributed by atoms with Crippen molar-refractivity contribution in [2.24, 2.45) is 0 Å². The minimum atomic E-state index is -0.925. The van der Waals surface area contributed by atoms with Crippen molar-refractivity contribution in [1.29, 1.82) is 0 Å². The van der Waals surface area contributed by atoms with Crippen molar-refractivity contribution >= 4 is 11.5 Å². The zero-order valence-electron chi connectivity index (χ0n) is 14.2. The molecule has 3 nitrogen and oxygen atoms in total. The lowest BCUT2D eigenvalue weighted by atomic mass is 9.68. The Bertz CT molecular complexity index is 847. The van der Waals surface area contributed by atoms with Gasteiger partial charge in [-0.05, 0) is 60.6 Å². The molecule has 0 N–H and O–H groups in total. The van der Waals surface area contributed by atoms with E-state index in [1.165, 1.54) is 19.2 Å². The van der Waals surface area contributed by atoms with E-state index < -0.39 is 11.2 Å². The Labute approximate surface area is 145 Å². The normalized spacial score (nSPS) is 20.1. The molecule has 0 amide bonds. The Morgan fingerprint density at radius 1 is 1.28 bits per heavy atom. The fraction of sp³-hybridized carbons (Fsp3) is 0.300. The van der Waals surface area contributed by atoms with Crippen molar-refractivity contribution < 1.29 is 18.3 Å². The van der Waals surface area contributed by atoms with Crippen LogP contribution in [0.15, 0.2) is 42.7 Å². The van der Waals surface area contributed by atoms with Crippen LogP contribution in [0.25, 0.3) is 5.57 Å². The van der Waals surface area contributed by atoms with Crippen LogP contribution in [0.4, 0.5) is 8.78 Å². The third kappa shape index (κ3) is 3.06. The molecular formula is C20H19F2NO2. The molecule has 0 bridgehead atoms. The molecule has 1 atom stereocenters. The predicted molar refractivity (Wildman–Crippen MR) is 90.9 cm³/mol. The quantitative estimate of drug-likeness (QED) is 0.778. The van der Waals surface area contributed by atoms with E-state index in [1.807, 2.05) is 6.08 Å². The number of methoxy groups -OCH3 is 1. The molecule has 0 aliphatic heterocycles. The number of hydrogen-bond acceptors (Lipinski definition) is 3. The molecule has 3 rings (SSSR count). The number of carbonyl (C=O) groups excluding carboxylic acids is 1. The Kier molecular flexibility index (Phi) is 4.66. The summed E-state index contributed by atoms with van der Waals surface area (Å²) in [6, 6.07) is 6.19. The van der Waals surface area contributed by atoms with E-state index in [0.717, 1.165) is 11.8 Å². The summed E-state index contributed by atoms with van der Waals surface area (Å²) in [5.41, 5.74) is 1.81. The molecule has 1 aromatic heterocycles. The van der Waals surface area contributed by atoms with E-state index in [4.69, 9.17) is 4.74 Å². The van der Waals surface area contributed by atoms with Gasteiger partial charge in [-0.25, -0.2) is 8.78 Å². The van der Waals surface area contributed by atoms with Crippen LogP contribution in [-0.4, -0.2) is 18.1 Å². The van der Waals surface area contributed by atoms with E-state index in [-0.39, 0.29) is 11.8 Å². The van der Waals surface area contributed by atoms with Crippen molar-refractivity contribution in [3.8, 4) is 0 Å². The minimum Gasteiger partial charge on any atom is -0.468 e. The van der Waals surface area contributed by atoms with E-state index in [2.05, 4.69) is 4.98 Å². The van der Waals surface area contributed by atoms with Gasteiger partial charge in [0.05, 0.1) is 18.7 Å². The highest BCUT2D eigenvalue weighted by Crippen LogP contribution is 2.43. The largest absolute Gasteiger partial charge is 0.468 e. The smallest absolute Gasteiger partial charge is 0.316 e. The fourth-order valence-electron chi connectivity index (χ4n) is 3.56. The monoisotopic (exact) mass is 343 g/mol. The minimum absolute atomic E-state index is 0.343. The Hall–Kier alpha value is -2.56. The van der Waals surface area contributed by atoms with Gasteiger partial charge in [-0.1, -0.05) is 18.2 Å². The maximum atomic E-state index is 14.0. The van der Waals surface area contributed by atoms with Crippen LogP contribution in [0.3, 0.4) is 0 Å².